The number of hydrogen-bond donors (Lipinski definition) is 1. The van der Waals surface area contributed by atoms with E-state index in [0.29, 0.717) is 18.4 Å². The number of rotatable bonds is 9. The molecular weight excluding hydrogens is 412 g/mol. The van der Waals surface area contributed by atoms with Crippen LogP contribution >= 0.6 is 0 Å². The molecule has 1 fully saturated rings. The Labute approximate surface area is 196 Å². The van der Waals surface area contributed by atoms with Crippen LogP contribution in [0.3, 0.4) is 0 Å². The second-order valence-electron chi connectivity index (χ2n) is 10.6. The van der Waals surface area contributed by atoms with E-state index < -0.39 is 8.32 Å². The van der Waals surface area contributed by atoms with E-state index in [0.717, 1.165) is 19.3 Å². The summed E-state index contributed by atoms with van der Waals surface area (Å²) in [6, 6.07) is 21.7. The monoisotopic (exact) mass is 454 g/mol. The van der Waals surface area contributed by atoms with Crippen LogP contribution in [0, 0.1) is 11.8 Å². The fourth-order valence-corrected chi connectivity index (χ4v) is 9.80. The summed E-state index contributed by atoms with van der Waals surface area (Å²) in [6.07, 6.45) is 4.49. The van der Waals surface area contributed by atoms with Crippen LogP contribution < -0.4 is 10.4 Å². The van der Waals surface area contributed by atoms with Gasteiger partial charge in [-0.3, -0.25) is 0 Å². The van der Waals surface area contributed by atoms with Gasteiger partial charge in [0.25, 0.3) is 8.32 Å². The van der Waals surface area contributed by atoms with Crippen molar-refractivity contribution in [2.24, 2.45) is 11.8 Å². The van der Waals surface area contributed by atoms with Gasteiger partial charge in [0.05, 0.1) is 18.8 Å². The summed E-state index contributed by atoms with van der Waals surface area (Å²) < 4.78 is 13.8. The lowest BCUT2D eigenvalue weighted by molar-refractivity contribution is -0.116. The maximum atomic E-state index is 9.22. The first-order valence-corrected chi connectivity index (χ1v) is 14.2. The van der Waals surface area contributed by atoms with Gasteiger partial charge in [0, 0.05) is 6.61 Å². The lowest BCUT2D eigenvalue weighted by Gasteiger charge is -2.45. The first-order valence-electron chi connectivity index (χ1n) is 12.3. The smallest absolute Gasteiger partial charge is 0.261 e. The van der Waals surface area contributed by atoms with Crippen molar-refractivity contribution in [3.63, 3.8) is 0 Å². The third-order valence-electron chi connectivity index (χ3n) is 7.22. The fourth-order valence-electron chi connectivity index (χ4n) is 5.23. The second kappa shape index (κ2) is 11.1. The van der Waals surface area contributed by atoms with Crippen LogP contribution in [-0.2, 0) is 9.16 Å². The van der Waals surface area contributed by atoms with Crippen LogP contribution in [0.4, 0.5) is 0 Å². The van der Waals surface area contributed by atoms with Crippen LogP contribution in [0.5, 0.6) is 0 Å². The van der Waals surface area contributed by atoms with Crippen LogP contribution in [0.15, 0.2) is 60.7 Å². The Bertz CT molecular complexity index is 763. The molecule has 1 N–H and O–H groups in total. The first-order chi connectivity index (χ1) is 15.3. The molecule has 0 unspecified atom stereocenters. The van der Waals surface area contributed by atoms with Gasteiger partial charge >= 0.3 is 0 Å². The molecule has 3 rings (SSSR count). The van der Waals surface area contributed by atoms with Gasteiger partial charge < -0.3 is 14.3 Å². The molecule has 1 aliphatic rings. The summed E-state index contributed by atoms with van der Waals surface area (Å²) in [6.45, 7) is 12.4. The average Bonchev–Trinajstić information content (AvgIpc) is 2.79. The van der Waals surface area contributed by atoms with Crippen molar-refractivity contribution < 1.29 is 14.3 Å². The molecule has 1 heterocycles. The maximum absolute atomic E-state index is 9.22. The van der Waals surface area contributed by atoms with Crippen LogP contribution in [0.2, 0.25) is 5.04 Å². The average molecular weight is 455 g/mol. The van der Waals surface area contributed by atoms with E-state index in [2.05, 4.69) is 95.3 Å². The number of aliphatic hydroxyl groups is 1. The molecule has 0 bridgehead atoms. The topological polar surface area (TPSA) is 38.7 Å². The molecule has 0 amide bonds. The molecular formula is C28H42O3Si. The number of ether oxygens (including phenoxy) is 1. The maximum Gasteiger partial charge on any atom is 0.261 e. The zero-order valence-corrected chi connectivity index (χ0v) is 21.6. The van der Waals surface area contributed by atoms with E-state index in [1.54, 1.807) is 0 Å². The zero-order chi connectivity index (χ0) is 23.2. The van der Waals surface area contributed by atoms with Crippen molar-refractivity contribution in [2.45, 2.75) is 77.5 Å². The van der Waals surface area contributed by atoms with Gasteiger partial charge in [-0.15, -0.1) is 0 Å². The summed E-state index contributed by atoms with van der Waals surface area (Å²) in [4.78, 5) is 0. The van der Waals surface area contributed by atoms with E-state index in [4.69, 9.17) is 9.16 Å². The molecule has 3 nitrogen and oxygen atoms in total. The van der Waals surface area contributed by atoms with Crippen molar-refractivity contribution in [1.82, 2.24) is 0 Å². The Hall–Kier alpha value is -1.46. The van der Waals surface area contributed by atoms with E-state index in [-0.39, 0.29) is 23.9 Å². The summed E-state index contributed by atoms with van der Waals surface area (Å²) in [5.74, 6) is 0.944. The SMILES string of the molecule is C[C@H](CCCO)[C@H]1CC[C@H](C)[C@@H](CO[Si](c2ccccc2)(c2ccccc2)C(C)(C)C)O1. The number of aliphatic hydroxyl groups excluding tert-OH is 1. The molecule has 4 atom stereocenters. The van der Waals surface area contributed by atoms with Gasteiger partial charge in [-0.1, -0.05) is 95.3 Å². The Morgan fingerprint density at radius 3 is 2.06 bits per heavy atom. The van der Waals surface area contributed by atoms with Crippen molar-refractivity contribution in [2.75, 3.05) is 13.2 Å². The standard InChI is InChI=1S/C28H42O3Si/c1-22(13-12-20-29)26-19-18-23(2)27(31-26)21-30-32(28(3,4)5,24-14-8-6-9-15-24)25-16-10-7-11-17-25/h6-11,14-17,22-23,26-27,29H,12-13,18-21H2,1-5H3/t22-,23+,26-,27-/m1/s1. The molecule has 0 aliphatic carbocycles. The molecule has 2 aromatic rings. The van der Waals surface area contributed by atoms with E-state index >= 15 is 0 Å². The molecule has 0 aromatic heterocycles. The molecule has 1 saturated heterocycles. The molecule has 32 heavy (non-hydrogen) atoms. The van der Waals surface area contributed by atoms with Crippen molar-refractivity contribution in [3.8, 4) is 0 Å². The number of benzene rings is 2. The molecule has 0 radical (unpaired) electrons. The Balaban J connectivity index is 1.89. The second-order valence-corrected chi connectivity index (χ2v) is 14.9. The molecule has 1 aliphatic heterocycles. The number of hydrogen-bond acceptors (Lipinski definition) is 3. The van der Waals surface area contributed by atoms with Crippen LogP contribution in [-0.4, -0.2) is 38.8 Å². The molecule has 0 spiro atoms. The van der Waals surface area contributed by atoms with Crippen molar-refractivity contribution in [3.05, 3.63) is 60.7 Å². The van der Waals surface area contributed by atoms with Crippen LogP contribution in [0.1, 0.15) is 60.3 Å². The molecule has 176 valence electrons. The van der Waals surface area contributed by atoms with Gasteiger partial charge in [0.15, 0.2) is 0 Å². The highest BCUT2D eigenvalue weighted by Gasteiger charge is 2.50. The minimum atomic E-state index is -2.55. The highest BCUT2D eigenvalue weighted by atomic mass is 28.4. The third kappa shape index (κ3) is 5.53. The molecule has 4 heteroatoms. The molecule has 0 saturated carbocycles. The zero-order valence-electron chi connectivity index (χ0n) is 20.6. The van der Waals surface area contributed by atoms with Gasteiger partial charge in [0.1, 0.15) is 0 Å². The van der Waals surface area contributed by atoms with Crippen molar-refractivity contribution >= 4 is 18.7 Å². The summed E-state index contributed by atoms with van der Waals surface area (Å²) in [7, 11) is -2.55. The highest BCUT2D eigenvalue weighted by molar-refractivity contribution is 6.99. The molecule has 2 aromatic carbocycles. The fraction of sp³-hybridized carbons (Fsp3) is 0.571. The van der Waals surface area contributed by atoms with Crippen molar-refractivity contribution in [1.29, 1.82) is 0 Å². The lowest BCUT2D eigenvalue weighted by atomic mass is 9.87. The van der Waals surface area contributed by atoms with Crippen LogP contribution in [0.25, 0.3) is 0 Å². The minimum Gasteiger partial charge on any atom is -0.405 e. The predicted molar refractivity (Wildman–Crippen MR) is 136 cm³/mol. The Kier molecular flexibility index (Phi) is 8.73. The van der Waals surface area contributed by atoms with E-state index in [1.165, 1.54) is 16.8 Å². The third-order valence-corrected chi connectivity index (χ3v) is 12.2. The summed E-state index contributed by atoms with van der Waals surface area (Å²) >= 11 is 0. The predicted octanol–water partition coefficient (Wildman–Crippen LogP) is 5.16. The summed E-state index contributed by atoms with van der Waals surface area (Å²) in [5.41, 5.74) is 0. The van der Waals surface area contributed by atoms with E-state index in [1.807, 2.05) is 0 Å². The normalized spacial score (nSPS) is 23.1. The summed E-state index contributed by atoms with van der Waals surface area (Å²) in [5, 5.41) is 11.8. The first kappa shape index (κ1) is 25.2. The lowest BCUT2D eigenvalue weighted by Crippen LogP contribution is -2.67. The van der Waals surface area contributed by atoms with Gasteiger partial charge in [-0.25, -0.2) is 0 Å². The Morgan fingerprint density at radius 1 is 1.00 bits per heavy atom. The van der Waals surface area contributed by atoms with Gasteiger partial charge in [-0.05, 0) is 52.9 Å². The van der Waals surface area contributed by atoms with Gasteiger partial charge in [0.2, 0.25) is 0 Å². The van der Waals surface area contributed by atoms with Gasteiger partial charge in [-0.2, -0.15) is 0 Å². The largest absolute Gasteiger partial charge is 0.405 e. The highest BCUT2D eigenvalue weighted by Crippen LogP contribution is 2.38. The quantitative estimate of drug-likeness (QED) is 0.532. The van der Waals surface area contributed by atoms with E-state index in [9.17, 15) is 5.11 Å². The minimum absolute atomic E-state index is 0.0264. The Morgan fingerprint density at radius 2 is 1.56 bits per heavy atom.